The van der Waals surface area contributed by atoms with E-state index >= 15 is 0 Å². The molecule has 0 unspecified atom stereocenters. The molecule has 31 heavy (non-hydrogen) atoms. The molecule has 8 heteroatoms. The smallest absolute Gasteiger partial charge is 0.237 e. The van der Waals surface area contributed by atoms with Gasteiger partial charge < -0.3 is 10.0 Å². The first-order valence-corrected chi connectivity index (χ1v) is 10.7. The monoisotopic (exact) mass is 431 g/mol. The Kier molecular flexibility index (Phi) is 6.28. The Morgan fingerprint density at radius 3 is 2.55 bits per heavy atom. The molecule has 0 saturated heterocycles. The number of thioether (sulfide) groups is 1. The van der Waals surface area contributed by atoms with E-state index < -0.39 is 0 Å². The summed E-state index contributed by atoms with van der Waals surface area (Å²) in [5.41, 5.74) is 3.70. The SMILES string of the molecule is Cc1cccc(N(Cc2ccccc2)C(=O)CSc2nnnn2-c2ccc(O)cc2)c1. The number of carbonyl (C=O) groups is 1. The largest absolute Gasteiger partial charge is 0.508 e. The van der Waals surface area contributed by atoms with Gasteiger partial charge in [0.1, 0.15) is 5.75 Å². The minimum absolute atomic E-state index is 0.0419. The summed E-state index contributed by atoms with van der Waals surface area (Å²) in [6.45, 7) is 2.49. The number of aryl methyl sites for hydroxylation is 1. The van der Waals surface area contributed by atoms with Crippen LogP contribution < -0.4 is 4.90 Å². The number of rotatable bonds is 7. The first kappa shape index (κ1) is 20.6. The molecule has 1 N–H and O–H groups in total. The van der Waals surface area contributed by atoms with Gasteiger partial charge in [-0.15, -0.1) is 5.10 Å². The van der Waals surface area contributed by atoms with Crippen molar-refractivity contribution in [2.45, 2.75) is 18.6 Å². The van der Waals surface area contributed by atoms with Crippen LogP contribution in [-0.2, 0) is 11.3 Å². The van der Waals surface area contributed by atoms with E-state index in [4.69, 9.17) is 0 Å². The molecule has 0 radical (unpaired) electrons. The van der Waals surface area contributed by atoms with Crippen molar-refractivity contribution in [3.05, 3.63) is 90.0 Å². The highest BCUT2D eigenvalue weighted by molar-refractivity contribution is 7.99. The third kappa shape index (κ3) is 5.10. The van der Waals surface area contributed by atoms with Gasteiger partial charge in [-0.1, -0.05) is 54.2 Å². The van der Waals surface area contributed by atoms with E-state index in [0.29, 0.717) is 17.4 Å². The summed E-state index contributed by atoms with van der Waals surface area (Å²) in [5.74, 6) is 0.301. The summed E-state index contributed by atoms with van der Waals surface area (Å²) < 4.78 is 1.55. The molecule has 4 rings (SSSR count). The third-order valence-corrected chi connectivity index (χ3v) is 5.56. The maximum atomic E-state index is 13.2. The fourth-order valence-corrected chi connectivity index (χ4v) is 3.88. The lowest BCUT2D eigenvalue weighted by Gasteiger charge is -2.23. The van der Waals surface area contributed by atoms with Crippen molar-refractivity contribution in [1.29, 1.82) is 0 Å². The fraction of sp³-hybridized carbons (Fsp3) is 0.130. The van der Waals surface area contributed by atoms with Crippen LogP contribution in [0.25, 0.3) is 5.69 Å². The van der Waals surface area contributed by atoms with E-state index in [0.717, 1.165) is 16.8 Å². The fourth-order valence-electron chi connectivity index (χ4n) is 3.11. The van der Waals surface area contributed by atoms with Gasteiger partial charge in [-0.3, -0.25) is 4.79 Å². The van der Waals surface area contributed by atoms with Crippen molar-refractivity contribution in [2.75, 3.05) is 10.7 Å². The summed E-state index contributed by atoms with van der Waals surface area (Å²) in [4.78, 5) is 15.0. The molecule has 0 aliphatic carbocycles. The Balaban J connectivity index is 1.53. The molecular weight excluding hydrogens is 410 g/mol. The first-order chi connectivity index (χ1) is 15.1. The second-order valence-corrected chi connectivity index (χ2v) is 7.93. The standard InChI is InChI=1S/C23H21N5O2S/c1-17-6-5-9-20(14-17)27(15-18-7-3-2-4-8-18)22(30)16-31-23-24-25-26-28(23)19-10-12-21(29)13-11-19/h2-14,29H,15-16H2,1H3. The van der Waals surface area contributed by atoms with Crippen LogP contribution in [0.1, 0.15) is 11.1 Å². The zero-order valence-electron chi connectivity index (χ0n) is 16.9. The van der Waals surface area contributed by atoms with Crippen LogP contribution in [0.2, 0.25) is 0 Å². The Hall–Kier alpha value is -3.65. The second-order valence-electron chi connectivity index (χ2n) is 6.98. The third-order valence-electron chi connectivity index (χ3n) is 4.66. The Morgan fingerprint density at radius 2 is 1.81 bits per heavy atom. The van der Waals surface area contributed by atoms with Crippen LogP contribution in [0.5, 0.6) is 5.75 Å². The molecule has 0 atom stereocenters. The minimum atomic E-state index is -0.0419. The van der Waals surface area contributed by atoms with Crippen molar-refractivity contribution >= 4 is 23.4 Å². The van der Waals surface area contributed by atoms with Gasteiger partial charge in [0, 0.05) is 5.69 Å². The molecule has 0 spiro atoms. The topological polar surface area (TPSA) is 84.1 Å². The van der Waals surface area contributed by atoms with Crippen LogP contribution in [0.4, 0.5) is 5.69 Å². The number of phenols is 1. The van der Waals surface area contributed by atoms with Crippen molar-refractivity contribution in [2.24, 2.45) is 0 Å². The molecule has 0 saturated carbocycles. The van der Waals surface area contributed by atoms with Gasteiger partial charge in [0.2, 0.25) is 11.1 Å². The van der Waals surface area contributed by atoms with Crippen molar-refractivity contribution < 1.29 is 9.90 Å². The summed E-state index contributed by atoms with van der Waals surface area (Å²) in [5, 5.41) is 21.8. The molecule has 156 valence electrons. The average Bonchev–Trinajstić information content (AvgIpc) is 3.26. The second kappa shape index (κ2) is 9.44. The molecule has 0 bridgehead atoms. The lowest BCUT2D eigenvalue weighted by Crippen LogP contribution is -2.32. The molecule has 1 aromatic heterocycles. The van der Waals surface area contributed by atoms with E-state index in [2.05, 4.69) is 15.5 Å². The zero-order chi connectivity index (χ0) is 21.6. The molecule has 0 fully saturated rings. The molecular formula is C23H21N5O2S. The number of phenolic OH excluding ortho intramolecular Hbond substituents is 1. The Labute approximate surface area is 184 Å². The molecule has 1 heterocycles. The number of aromatic nitrogens is 4. The molecule has 3 aromatic carbocycles. The van der Waals surface area contributed by atoms with Crippen LogP contribution >= 0.6 is 11.8 Å². The molecule has 1 amide bonds. The number of tetrazole rings is 1. The predicted molar refractivity (Wildman–Crippen MR) is 120 cm³/mol. The van der Waals surface area contributed by atoms with Crippen LogP contribution in [0, 0.1) is 6.92 Å². The number of benzene rings is 3. The molecule has 0 aliphatic heterocycles. The number of hydrogen-bond acceptors (Lipinski definition) is 6. The highest BCUT2D eigenvalue weighted by Gasteiger charge is 2.19. The molecule has 0 aliphatic rings. The number of aromatic hydroxyl groups is 1. The maximum Gasteiger partial charge on any atom is 0.237 e. The zero-order valence-corrected chi connectivity index (χ0v) is 17.7. The average molecular weight is 432 g/mol. The number of anilines is 1. The Bertz CT molecular complexity index is 1160. The van der Waals surface area contributed by atoms with Gasteiger partial charge >= 0.3 is 0 Å². The van der Waals surface area contributed by atoms with Crippen LogP contribution in [0.15, 0.2) is 84.0 Å². The lowest BCUT2D eigenvalue weighted by molar-refractivity contribution is -0.116. The van der Waals surface area contributed by atoms with Crippen LogP contribution in [0.3, 0.4) is 0 Å². The molecule has 7 nitrogen and oxygen atoms in total. The quantitative estimate of drug-likeness (QED) is 0.445. The van der Waals surface area contributed by atoms with E-state index in [9.17, 15) is 9.90 Å². The van der Waals surface area contributed by atoms with Gasteiger partial charge in [0.15, 0.2) is 0 Å². The number of hydrogen-bond donors (Lipinski definition) is 1. The number of nitrogens with zero attached hydrogens (tertiary/aromatic N) is 5. The molecule has 4 aromatic rings. The normalized spacial score (nSPS) is 10.7. The minimum Gasteiger partial charge on any atom is -0.508 e. The lowest BCUT2D eigenvalue weighted by atomic mass is 10.1. The van der Waals surface area contributed by atoms with Gasteiger partial charge in [-0.2, -0.15) is 4.68 Å². The van der Waals surface area contributed by atoms with Gasteiger partial charge in [-0.05, 0) is 64.9 Å². The van der Waals surface area contributed by atoms with E-state index in [1.165, 1.54) is 11.8 Å². The van der Waals surface area contributed by atoms with Crippen molar-refractivity contribution in [1.82, 2.24) is 20.2 Å². The highest BCUT2D eigenvalue weighted by atomic mass is 32.2. The van der Waals surface area contributed by atoms with Crippen LogP contribution in [-0.4, -0.2) is 37.0 Å². The summed E-state index contributed by atoms with van der Waals surface area (Å²) in [6, 6.07) is 24.4. The first-order valence-electron chi connectivity index (χ1n) is 9.72. The van der Waals surface area contributed by atoms with Gasteiger partial charge in [0.25, 0.3) is 0 Å². The summed E-state index contributed by atoms with van der Waals surface area (Å²) >= 11 is 1.27. The van der Waals surface area contributed by atoms with Gasteiger partial charge in [-0.25, -0.2) is 0 Å². The van der Waals surface area contributed by atoms with Crippen molar-refractivity contribution in [3.63, 3.8) is 0 Å². The maximum absolute atomic E-state index is 13.2. The van der Waals surface area contributed by atoms with E-state index in [1.54, 1.807) is 33.8 Å². The van der Waals surface area contributed by atoms with E-state index in [-0.39, 0.29) is 17.4 Å². The predicted octanol–water partition coefficient (Wildman–Crippen LogP) is 4.00. The summed E-state index contributed by atoms with van der Waals surface area (Å²) in [7, 11) is 0. The van der Waals surface area contributed by atoms with Gasteiger partial charge in [0.05, 0.1) is 18.0 Å². The van der Waals surface area contributed by atoms with Crippen molar-refractivity contribution in [3.8, 4) is 11.4 Å². The van der Waals surface area contributed by atoms with E-state index in [1.807, 2.05) is 61.5 Å². The number of carbonyl (C=O) groups excluding carboxylic acids is 1. The Morgan fingerprint density at radius 1 is 1.03 bits per heavy atom. The summed E-state index contributed by atoms with van der Waals surface area (Å²) in [6.07, 6.45) is 0. The number of amides is 1. The highest BCUT2D eigenvalue weighted by Crippen LogP contribution is 2.24.